The number of carboxylic acid groups (broad SMARTS) is 1. The van der Waals surface area contributed by atoms with Gasteiger partial charge in [0, 0.05) is 25.6 Å². The summed E-state index contributed by atoms with van der Waals surface area (Å²) in [7, 11) is 1.74. The first-order valence-electron chi connectivity index (χ1n) is 7.22. The first kappa shape index (κ1) is 15.0. The van der Waals surface area contributed by atoms with Crippen molar-refractivity contribution in [1.82, 2.24) is 5.32 Å². The van der Waals surface area contributed by atoms with Crippen molar-refractivity contribution in [3.8, 4) is 0 Å². The van der Waals surface area contributed by atoms with Crippen LogP contribution in [0.1, 0.15) is 31.2 Å². The van der Waals surface area contributed by atoms with Crippen LogP contribution < -0.4 is 5.32 Å². The van der Waals surface area contributed by atoms with E-state index in [1.54, 1.807) is 7.11 Å². The fourth-order valence-electron chi connectivity index (χ4n) is 2.67. The van der Waals surface area contributed by atoms with Crippen LogP contribution in [-0.2, 0) is 16.0 Å². The molecule has 4 heteroatoms. The molecule has 20 heavy (non-hydrogen) atoms. The Balaban J connectivity index is 1.85. The van der Waals surface area contributed by atoms with Crippen molar-refractivity contribution in [2.75, 3.05) is 7.11 Å². The largest absolute Gasteiger partial charge is 0.481 e. The number of carbonyl (C=O) groups is 1. The Hall–Kier alpha value is -1.39. The molecule has 1 aromatic carbocycles. The Kier molecular flexibility index (Phi) is 5.56. The summed E-state index contributed by atoms with van der Waals surface area (Å²) >= 11 is 0. The first-order valence-corrected chi connectivity index (χ1v) is 7.22. The summed E-state index contributed by atoms with van der Waals surface area (Å²) in [6.07, 6.45) is 4.17. The number of nitrogens with one attached hydrogen (secondary N) is 1. The van der Waals surface area contributed by atoms with Crippen molar-refractivity contribution in [3.05, 3.63) is 35.9 Å². The van der Waals surface area contributed by atoms with Crippen molar-refractivity contribution >= 4 is 5.97 Å². The second-order valence-corrected chi connectivity index (χ2v) is 5.51. The van der Waals surface area contributed by atoms with Crippen LogP contribution in [0.15, 0.2) is 30.3 Å². The molecular weight excluding hydrogens is 254 g/mol. The van der Waals surface area contributed by atoms with Crippen molar-refractivity contribution in [3.63, 3.8) is 0 Å². The lowest BCUT2D eigenvalue weighted by atomic mass is 9.87. The Morgan fingerprint density at radius 2 is 2.10 bits per heavy atom. The lowest BCUT2D eigenvalue weighted by molar-refractivity contribution is -0.137. The second kappa shape index (κ2) is 7.41. The Morgan fingerprint density at radius 3 is 2.70 bits per heavy atom. The van der Waals surface area contributed by atoms with Gasteiger partial charge in [0.05, 0.1) is 6.10 Å². The van der Waals surface area contributed by atoms with E-state index >= 15 is 0 Å². The minimum absolute atomic E-state index is 0.213. The van der Waals surface area contributed by atoms with E-state index < -0.39 is 5.97 Å². The van der Waals surface area contributed by atoms with Crippen LogP contribution in [0, 0.1) is 0 Å². The lowest BCUT2D eigenvalue weighted by Crippen LogP contribution is -2.49. The monoisotopic (exact) mass is 277 g/mol. The maximum Gasteiger partial charge on any atom is 0.303 e. The molecule has 1 unspecified atom stereocenters. The molecule has 2 rings (SSSR count). The molecule has 1 saturated carbocycles. The van der Waals surface area contributed by atoms with E-state index in [-0.39, 0.29) is 12.5 Å². The average molecular weight is 277 g/mol. The van der Waals surface area contributed by atoms with Crippen LogP contribution >= 0.6 is 0 Å². The predicted octanol–water partition coefficient (Wildman–Crippen LogP) is 2.23. The molecule has 2 N–H and O–H groups in total. The summed E-state index contributed by atoms with van der Waals surface area (Å²) < 4.78 is 5.28. The Labute approximate surface area is 120 Å². The molecule has 0 bridgehead atoms. The summed E-state index contributed by atoms with van der Waals surface area (Å²) in [6, 6.07) is 10.9. The van der Waals surface area contributed by atoms with Gasteiger partial charge in [-0.05, 0) is 31.2 Å². The highest BCUT2D eigenvalue weighted by molar-refractivity contribution is 5.66. The van der Waals surface area contributed by atoms with Crippen molar-refractivity contribution in [2.24, 2.45) is 0 Å². The van der Waals surface area contributed by atoms with Crippen LogP contribution in [0.4, 0.5) is 0 Å². The van der Waals surface area contributed by atoms with Gasteiger partial charge >= 0.3 is 5.97 Å². The predicted molar refractivity (Wildman–Crippen MR) is 77.8 cm³/mol. The lowest BCUT2D eigenvalue weighted by Gasteiger charge is -2.37. The fraction of sp³-hybridized carbons (Fsp3) is 0.562. The first-order chi connectivity index (χ1) is 9.67. The van der Waals surface area contributed by atoms with Gasteiger partial charge in [0.15, 0.2) is 0 Å². The number of carboxylic acids is 1. The fourth-order valence-corrected chi connectivity index (χ4v) is 2.67. The highest BCUT2D eigenvalue weighted by atomic mass is 16.5. The minimum Gasteiger partial charge on any atom is -0.481 e. The molecule has 0 heterocycles. The van der Waals surface area contributed by atoms with E-state index in [4.69, 9.17) is 9.84 Å². The highest BCUT2D eigenvalue weighted by Gasteiger charge is 2.30. The molecule has 110 valence electrons. The molecule has 1 aromatic rings. The van der Waals surface area contributed by atoms with Crippen LogP contribution in [-0.4, -0.2) is 36.4 Å². The zero-order valence-corrected chi connectivity index (χ0v) is 11.9. The van der Waals surface area contributed by atoms with Crippen molar-refractivity contribution in [1.29, 1.82) is 0 Å². The second-order valence-electron chi connectivity index (χ2n) is 5.51. The molecule has 0 aromatic heterocycles. The molecule has 4 nitrogen and oxygen atoms in total. The summed E-state index contributed by atoms with van der Waals surface area (Å²) in [4.78, 5) is 10.8. The third-order valence-corrected chi connectivity index (χ3v) is 3.93. The van der Waals surface area contributed by atoms with Crippen LogP contribution in [0.25, 0.3) is 0 Å². The van der Waals surface area contributed by atoms with Crippen molar-refractivity contribution in [2.45, 2.75) is 50.3 Å². The molecular formula is C16H23NO3. The maximum atomic E-state index is 10.8. The minimum atomic E-state index is -0.728. The molecule has 1 aliphatic carbocycles. The van der Waals surface area contributed by atoms with E-state index in [1.807, 2.05) is 18.2 Å². The Bertz CT molecular complexity index is 415. The zero-order chi connectivity index (χ0) is 14.4. The third-order valence-electron chi connectivity index (χ3n) is 3.93. The van der Waals surface area contributed by atoms with Gasteiger partial charge in [-0.15, -0.1) is 0 Å². The van der Waals surface area contributed by atoms with Gasteiger partial charge in [0.25, 0.3) is 0 Å². The third kappa shape index (κ3) is 4.62. The van der Waals surface area contributed by atoms with Gasteiger partial charge in [0.2, 0.25) is 0 Å². The number of aliphatic carboxylic acids is 1. The summed E-state index contributed by atoms with van der Waals surface area (Å²) in [6.45, 7) is 0. The number of benzene rings is 1. The van der Waals surface area contributed by atoms with Gasteiger partial charge in [-0.1, -0.05) is 30.3 Å². The standard InChI is InChI=1S/C16H23NO3/c1-20-15-10-14(11-15)17-13(7-8-16(18)19)9-12-5-3-2-4-6-12/h2-6,13-15,17H,7-11H2,1H3,(H,18,19). The van der Waals surface area contributed by atoms with E-state index in [0.717, 1.165) is 19.3 Å². The van der Waals surface area contributed by atoms with Gasteiger partial charge in [0.1, 0.15) is 0 Å². The smallest absolute Gasteiger partial charge is 0.303 e. The number of rotatable bonds is 8. The molecule has 0 spiro atoms. The van der Waals surface area contributed by atoms with E-state index in [2.05, 4.69) is 17.4 Å². The maximum absolute atomic E-state index is 10.8. The van der Waals surface area contributed by atoms with Crippen LogP contribution in [0.5, 0.6) is 0 Å². The Morgan fingerprint density at radius 1 is 1.40 bits per heavy atom. The summed E-state index contributed by atoms with van der Waals surface area (Å²) in [5.74, 6) is -0.728. The molecule has 0 radical (unpaired) electrons. The van der Waals surface area contributed by atoms with Crippen LogP contribution in [0.2, 0.25) is 0 Å². The number of hydrogen-bond acceptors (Lipinski definition) is 3. The molecule has 1 atom stereocenters. The van der Waals surface area contributed by atoms with E-state index in [0.29, 0.717) is 18.6 Å². The highest BCUT2D eigenvalue weighted by Crippen LogP contribution is 2.24. The molecule has 1 fully saturated rings. The van der Waals surface area contributed by atoms with E-state index in [9.17, 15) is 4.79 Å². The summed E-state index contributed by atoms with van der Waals surface area (Å²) in [5.41, 5.74) is 1.25. The molecule has 0 aliphatic heterocycles. The molecule has 0 amide bonds. The topological polar surface area (TPSA) is 58.6 Å². The van der Waals surface area contributed by atoms with Crippen LogP contribution in [0.3, 0.4) is 0 Å². The SMILES string of the molecule is COC1CC(NC(CCC(=O)O)Cc2ccccc2)C1. The number of hydrogen-bond donors (Lipinski definition) is 2. The number of methoxy groups -OCH3 is 1. The van der Waals surface area contributed by atoms with Gasteiger partial charge in [-0.2, -0.15) is 0 Å². The number of ether oxygens (including phenoxy) is 1. The average Bonchev–Trinajstić information content (AvgIpc) is 2.40. The zero-order valence-electron chi connectivity index (χ0n) is 11.9. The van der Waals surface area contributed by atoms with Gasteiger partial charge < -0.3 is 15.2 Å². The van der Waals surface area contributed by atoms with E-state index in [1.165, 1.54) is 5.56 Å². The van der Waals surface area contributed by atoms with Gasteiger partial charge in [-0.3, -0.25) is 4.79 Å². The normalized spacial score (nSPS) is 23.1. The van der Waals surface area contributed by atoms with Gasteiger partial charge in [-0.25, -0.2) is 0 Å². The quantitative estimate of drug-likeness (QED) is 0.765. The molecule has 0 saturated heterocycles. The van der Waals surface area contributed by atoms with Crippen molar-refractivity contribution < 1.29 is 14.6 Å². The molecule has 1 aliphatic rings. The summed E-state index contributed by atoms with van der Waals surface area (Å²) in [5, 5.41) is 12.4.